The number of carbonyl (C=O) groups excluding carboxylic acids is 2. The third-order valence-corrected chi connectivity index (χ3v) is 4.65. The van der Waals surface area contributed by atoms with Gasteiger partial charge in [-0.2, -0.15) is 5.10 Å². The van der Waals surface area contributed by atoms with Gasteiger partial charge in [0.1, 0.15) is 12.4 Å². The van der Waals surface area contributed by atoms with Gasteiger partial charge in [0.15, 0.2) is 0 Å². The van der Waals surface area contributed by atoms with Crippen molar-refractivity contribution < 1.29 is 14.0 Å². The Hall–Kier alpha value is -2.41. The van der Waals surface area contributed by atoms with Crippen LogP contribution in [0.15, 0.2) is 35.6 Å². The van der Waals surface area contributed by atoms with Crippen molar-refractivity contribution in [3.63, 3.8) is 0 Å². The maximum absolute atomic E-state index is 13.9. The summed E-state index contributed by atoms with van der Waals surface area (Å²) in [5.74, 6) is -1.13. The van der Waals surface area contributed by atoms with E-state index in [1.807, 2.05) is 6.92 Å². The summed E-state index contributed by atoms with van der Waals surface area (Å²) < 4.78 is 13.9. The van der Waals surface area contributed by atoms with Gasteiger partial charge in [-0.3, -0.25) is 14.6 Å². The lowest BCUT2D eigenvalue weighted by Crippen LogP contribution is -2.45. The van der Waals surface area contributed by atoms with E-state index in [9.17, 15) is 14.0 Å². The molecule has 2 rings (SSSR count). The van der Waals surface area contributed by atoms with Crippen molar-refractivity contribution in [1.82, 2.24) is 15.2 Å². The summed E-state index contributed by atoms with van der Waals surface area (Å²) in [5.41, 5.74) is 0.969. The van der Waals surface area contributed by atoms with Crippen molar-refractivity contribution in [3.05, 3.63) is 46.9 Å². The Morgan fingerprint density at radius 3 is 2.67 bits per heavy atom. The highest BCUT2D eigenvalue weighted by Crippen LogP contribution is 2.27. The number of allylic oxidation sites excluding steroid dienone is 1. The number of hydrazone groups is 1. The molecule has 0 spiro atoms. The molecule has 1 N–H and O–H groups in total. The molecule has 0 heterocycles. The molecule has 8 heteroatoms. The van der Waals surface area contributed by atoms with E-state index < -0.39 is 5.82 Å². The quantitative estimate of drug-likeness (QED) is 0.490. The van der Waals surface area contributed by atoms with Crippen LogP contribution < -0.4 is 5.32 Å². The minimum Gasteiger partial charge on any atom is -0.350 e. The first kappa shape index (κ1) is 20.9. The number of amides is 2. The second kappa shape index (κ2) is 9.50. The number of halogens is 2. The lowest BCUT2D eigenvalue weighted by molar-refractivity contribution is -0.137. The molecular formula is C19H24ClFN4O2. The van der Waals surface area contributed by atoms with E-state index in [4.69, 9.17) is 11.6 Å². The van der Waals surface area contributed by atoms with Crippen LogP contribution in [-0.4, -0.2) is 47.6 Å². The maximum atomic E-state index is 13.9. The van der Waals surface area contributed by atoms with Crippen LogP contribution in [0, 0.1) is 5.82 Å². The third kappa shape index (κ3) is 5.79. The Labute approximate surface area is 163 Å². The van der Waals surface area contributed by atoms with Gasteiger partial charge in [-0.1, -0.05) is 37.2 Å². The molecule has 0 saturated heterocycles. The molecule has 1 aliphatic rings. The zero-order valence-corrected chi connectivity index (χ0v) is 16.1. The van der Waals surface area contributed by atoms with Crippen LogP contribution in [-0.2, 0) is 16.1 Å². The van der Waals surface area contributed by atoms with E-state index >= 15 is 0 Å². The van der Waals surface area contributed by atoms with E-state index in [0.717, 1.165) is 12.8 Å². The molecule has 146 valence electrons. The predicted molar refractivity (Wildman–Crippen MR) is 104 cm³/mol. The number of rotatable bonds is 10. The summed E-state index contributed by atoms with van der Waals surface area (Å²) in [5, 5.41) is 7.90. The smallest absolute Gasteiger partial charge is 0.245 e. The van der Waals surface area contributed by atoms with Gasteiger partial charge in [0.25, 0.3) is 0 Å². The van der Waals surface area contributed by atoms with Gasteiger partial charge in [-0.25, -0.2) is 4.39 Å². The molecule has 0 atom stereocenters. The largest absolute Gasteiger partial charge is 0.350 e. The highest BCUT2D eigenvalue weighted by atomic mass is 35.5. The average molecular weight is 395 g/mol. The molecule has 1 fully saturated rings. The number of hydrogen-bond donors (Lipinski definition) is 1. The predicted octanol–water partition coefficient (Wildman–Crippen LogP) is 2.93. The summed E-state index contributed by atoms with van der Waals surface area (Å²) in [4.78, 5) is 26.4. The second-order valence-corrected chi connectivity index (χ2v) is 6.77. The highest BCUT2D eigenvalue weighted by Gasteiger charge is 2.34. The van der Waals surface area contributed by atoms with Crippen LogP contribution in [0.1, 0.15) is 31.7 Å². The minimum absolute atomic E-state index is 0.00436. The van der Waals surface area contributed by atoms with Gasteiger partial charge in [0, 0.05) is 30.6 Å². The summed E-state index contributed by atoms with van der Waals surface area (Å²) in [6, 6.07) is 4.66. The molecule has 0 aliphatic heterocycles. The average Bonchev–Trinajstić information content (AvgIpc) is 3.49. The highest BCUT2D eigenvalue weighted by molar-refractivity contribution is 6.30. The fourth-order valence-electron chi connectivity index (χ4n) is 2.56. The number of nitrogens with one attached hydrogen (secondary N) is 1. The Morgan fingerprint density at radius 2 is 2.07 bits per heavy atom. The molecule has 0 radical (unpaired) electrons. The van der Waals surface area contributed by atoms with Crippen LogP contribution >= 0.6 is 11.6 Å². The third-order valence-electron chi connectivity index (χ3n) is 4.36. The molecule has 6 nitrogen and oxygen atoms in total. The van der Waals surface area contributed by atoms with Crippen LogP contribution in [0.2, 0.25) is 5.02 Å². The first-order valence-electron chi connectivity index (χ1n) is 8.78. The van der Waals surface area contributed by atoms with E-state index in [2.05, 4.69) is 23.7 Å². The summed E-state index contributed by atoms with van der Waals surface area (Å²) >= 11 is 5.74. The molecule has 27 heavy (non-hydrogen) atoms. The monoisotopic (exact) mass is 394 g/mol. The standard InChI is InChI=1S/C19H24ClFN4O2/c1-4-13(2)25(22-3)12-18(27)24(15-8-9-15)11-17(26)23-10-14-6-5-7-16(20)19(14)21/h5-7,15H,2-4,8-12H2,1H3,(H,23,26). The van der Waals surface area contributed by atoms with Gasteiger partial charge in [0.05, 0.1) is 11.6 Å². The number of hydrogen-bond acceptors (Lipinski definition) is 4. The lowest BCUT2D eigenvalue weighted by Gasteiger charge is -2.26. The van der Waals surface area contributed by atoms with Crippen molar-refractivity contribution >= 4 is 30.1 Å². The lowest BCUT2D eigenvalue weighted by atomic mass is 10.2. The zero-order chi connectivity index (χ0) is 20.0. The summed E-state index contributed by atoms with van der Waals surface area (Å²) in [6.07, 6.45) is 2.36. The van der Waals surface area contributed by atoms with Crippen molar-refractivity contribution in [2.24, 2.45) is 5.10 Å². The van der Waals surface area contributed by atoms with Crippen molar-refractivity contribution in [2.45, 2.75) is 38.8 Å². The summed E-state index contributed by atoms with van der Waals surface area (Å²) in [7, 11) is 0. The topological polar surface area (TPSA) is 65.0 Å². The second-order valence-electron chi connectivity index (χ2n) is 6.36. The molecule has 1 aliphatic carbocycles. The van der Waals surface area contributed by atoms with Gasteiger partial charge < -0.3 is 10.2 Å². The van der Waals surface area contributed by atoms with Gasteiger partial charge in [0.2, 0.25) is 11.8 Å². The molecule has 1 aromatic carbocycles. The van der Waals surface area contributed by atoms with E-state index in [0.29, 0.717) is 17.7 Å². The van der Waals surface area contributed by atoms with Crippen LogP contribution in [0.4, 0.5) is 4.39 Å². The SMILES string of the molecule is C=NN(CC(=O)N(CC(=O)NCc1cccc(Cl)c1F)C1CC1)C(=C)CC. The first-order valence-corrected chi connectivity index (χ1v) is 9.16. The number of nitrogens with zero attached hydrogens (tertiary/aromatic N) is 3. The van der Waals surface area contributed by atoms with Crippen LogP contribution in [0.25, 0.3) is 0 Å². The Morgan fingerprint density at radius 1 is 1.37 bits per heavy atom. The van der Waals surface area contributed by atoms with E-state index in [-0.39, 0.29) is 42.5 Å². The summed E-state index contributed by atoms with van der Waals surface area (Å²) in [6.45, 7) is 9.13. The van der Waals surface area contributed by atoms with E-state index in [1.54, 1.807) is 12.1 Å². The molecule has 0 aromatic heterocycles. The minimum atomic E-state index is -0.555. The number of carbonyl (C=O) groups is 2. The Kier molecular flexibility index (Phi) is 7.36. The van der Waals surface area contributed by atoms with Gasteiger partial charge >= 0.3 is 0 Å². The molecule has 1 aromatic rings. The molecule has 0 unspecified atom stereocenters. The van der Waals surface area contributed by atoms with Gasteiger partial charge in [-0.15, -0.1) is 0 Å². The zero-order valence-electron chi connectivity index (χ0n) is 15.4. The van der Waals surface area contributed by atoms with Crippen LogP contribution in [0.5, 0.6) is 0 Å². The van der Waals surface area contributed by atoms with Crippen molar-refractivity contribution in [1.29, 1.82) is 0 Å². The van der Waals surface area contributed by atoms with Crippen LogP contribution in [0.3, 0.4) is 0 Å². The van der Waals surface area contributed by atoms with Crippen molar-refractivity contribution in [3.8, 4) is 0 Å². The van der Waals surface area contributed by atoms with Crippen molar-refractivity contribution in [2.75, 3.05) is 13.1 Å². The fraction of sp³-hybridized carbons (Fsp3) is 0.421. The molecule has 2 amide bonds. The normalized spacial score (nSPS) is 13.0. The molecule has 1 saturated carbocycles. The fourth-order valence-corrected chi connectivity index (χ4v) is 2.75. The maximum Gasteiger partial charge on any atom is 0.245 e. The van der Waals surface area contributed by atoms with E-state index in [1.165, 1.54) is 16.0 Å². The molecule has 0 bridgehead atoms. The number of benzene rings is 1. The first-order chi connectivity index (χ1) is 12.9. The van der Waals surface area contributed by atoms with Gasteiger partial charge in [-0.05, 0) is 25.3 Å². The Balaban J connectivity index is 1.94. The Bertz CT molecular complexity index is 736. The molecular weight excluding hydrogens is 371 g/mol.